The van der Waals surface area contributed by atoms with Crippen LogP contribution in [0.4, 0.5) is 33.3 Å². The van der Waals surface area contributed by atoms with E-state index in [0.717, 1.165) is 6.07 Å². The molecule has 0 saturated carbocycles. The summed E-state index contributed by atoms with van der Waals surface area (Å²) in [6.07, 6.45) is -5.17. The number of nitrogens with one attached hydrogen (secondary N) is 3. The molecule has 43 heavy (non-hydrogen) atoms. The van der Waals surface area contributed by atoms with Gasteiger partial charge in [0.05, 0.1) is 23.4 Å². The van der Waals surface area contributed by atoms with Crippen LogP contribution in [0.3, 0.4) is 0 Å². The summed E-state index contributed by atoms with van der Waals surface area (Å²) in [6, 6.07) is 5.79. The quantitative estimate of drug-likeness (QED) is 0.317. The van der Waals surface area contributed by atoms with Crippen molar-refractivity contribution in [3.8, 4) is 0 Å². The molecule has 1 unspecified atom stereocenters. The molecule has 0 spiro atoms. The second kappa shape index (κ2) is 14.3. The van der Waals surface area contributed by atoms with E-state index in [1.54, 1.807) is 24.8 Å². The van der Waals surface area contributed by atoms with Gasteiger partial charge in [0.1, 0.15) is 6.04 Å². The summed E-state index contributed by atoms with van der Waals surface area (Å²) < 4.78 is 68.0. The average molecular weight is 632 g/mol. The molecule has 2 atom stereocenters. The summed E-state index contributed by atoms with van der Waals surface area (Å²) >= 11 is 6.21. The molecule has 14 heteroatoms. The van der Waals surface area contributed by atoms with Crippen LogP contribution >= 0.6 is 11.6 Å². The highest BCUT2D eigenvalue weighted by Gasteiger charge is 2.31. The maximum absolute atomic E-state index is 15.1. The van der Waals surface area contributed by atoms with Crippen molar-refractivity contribution < 1.29 is 36.3 Å². The molecular formula is C29H35ClF5N5O3. The average Bonchev–Trinajstić information content (AvgIpc) is 2.91. The van der Waals surface area contributed by atoms with E-state index in [1.807, 2.05) is 11.8 Å². The molecule has 2 aromatic carbocycles. The topological polar surface area (TPSA) is 93.8 Å². The van der Waals surface area contributed by atoms with Gasteiger partial charge in [-0.3, -0.25) is 19.3 Å². The van der Waals surface area contributed by atoms with E-state index in [9.17, 15) is 31.9 Å². The Labute approximate surface area is 251 Å². The van der Waals surface area contributed by atoms with Gasteiger partial charge in [-0.2, -0.15) is 13.2 Å². The van der Waals surface area contributed by atoms with Crippen molar-refractivity contribution in [1.82, 2.24) is 15.5 Å². The van der Waals surface area contributed by atoms with Crippen LogP contribution in [0, 0.1) is 17.6 Å². The van der Waals surface area contributed by atoms with Gasteiger partial charge >= 0.3 is 6.18 Å². The highest BCUT2D eigenvalue weighted by atomic mass is 35.5. The Morgan fingerprint density at radius 1 is 1.07 bits per heavy atom. The zero-order chi connectivity index (χ0) is 32.1. The number of halogens is 6. The van der Waals surface area contributed by atoms with Crippen molar-refractivity contribution in [1.29, 1.82) is 0 Å². The first-order valence-electron chi connectivity index (χ1n) is 13.8. The van der Waals surface area contributed by atoms with E-state index in [-0.39, 0.29) is 36.3 Å². The highest BCUT2D eigenvalue weighted by molar-refractivity contribution is 6.31. The molecule has 236 valence electrons. The van der Waals surface area contributed by atoms with Gasteiger partial charge < -0.3 is 20.9 Å². The molecule has 0 aromatic heterocycles. The SMILES string of the molecule is CC(=O)NC(C(=O)NCc1ccc(C(=O)Nc2ccc(Cl)cc2N2CCN(CCC(F)(F)F)C[C@H]2C)c(F)c1F)C(C)C. The molecule has 3 N–H and O–H groups in total. The van der Waals surface area contributed by atoms with Crippen LogP contribution in [0.15, 0.2) is 30.3 Å². The Balaban J connectivity index is 1.73. The second-order valence-electron chi connectivity index (χ2n) is 10.9. The maximum atomic E-state index is 15.1. The van der Waals surface area contributed by atoms with Crippen molar-refractivity contribution in [3.63, 3.8) is 0 Å². The lowest BCUT2D eigenvalue weighted by Crippen LogP contribution is -2.52. The molecule has 3 rings (SSSR count). The van der Waals surface area contributed by atoms with Crippen molar-refractivity contribution in [2.75, 3.05) is 36.4 Å². The second-order valence-corrected chi connectivity index (χ2v) is 11.3. The lowest BCUT2D eigenvalue weighted by atomic mass is 10.0. The zero-order valence-corrected chi connectivity index (χ0v) is 25.0. The van der Waals surface area contributed by atoms with E-state index in [0.29, 0.717) is 30.3 Å². The standard InChI is InChI=1S/C29H35ClF5N5O3/c1-16(2)26(37-18(4)41)28(43)36-14-19-5-7-21(25(32)24(19)31)27(42)38-22-8-6-20(30)13-23(22)40-12-11-39(15-17(40)3)10-9-29(33,34)35/h5-8,13,16-17,26H,9-12,14-15H2,1-4H3,(H,36,43)(H,37,41)(H,38,42)/t17-,26?/m1/s1. The molecule has 1 fully saturated rings. The third-order valence-corrected chi connectivity index (χ3v) is 7.34. The summed E-state index contributed by atoms with van der Waals surface area (Å²) in [5.41, 5.74) is -0.0179. The summed E-state index contributed by atoms with van der Waals surface area (Å²) in [5, 5.41) is 7.93. The monoisotopic (exact) mass is 631 g/mol. The van der Waals surface area contributed by atoms with E-state index < -0.39 is 53.6 Å². The van der Waals surface area contributed by atoms with Crippen molar-refractivity contribution in [3.05, 3.63) is 58.1 Å². The van der Waals surface area contributed by atoms with Crippen LogP contribution in [0.25, 0.3) is 0 Å². The van der Waals surface area contributed by atoms with Gasteiger partial charge in [0.15, 0.2) is 11.6 Å². The number of benzene rings is 2. The van der Waals surface area contributed by atoms with Crippen LogP contribution in [0.1, 0.15) is 50.0 Å². The number of amides is 3. The molecule has 1 aliphatic heterocycles. The number of carbonyl (C=O) groups excluding carboxylic acids is 3. The molecule has 2 aromatic rings. The molecular weight excluding hydrogens is 597 g/mol. The summed E-state index contributed by atoms with van der Waals surface area (Å²) in [4.78, 5) is 40.6. The number of rotatable bonds is 10. The predicted octanol–water partition coefficient (Wildman–Crippen LogP) is 5.11. The molecule has 1 saturated heterocycles. The Morgan fingerprint density at radius 2 is 1.77 bits per heavy atom. The normalized spacial score (nSPS) is 16.6. The molecule has 3 amide bonds. The molecule has 0 bridgehead atoms. The Bertz CT molecular complexity index is 1340. The minimum Gasteiger partial charge on any atom is -0.365 e. The molecule has 0 radical (unpaired) electrons. The Hall–Kier alpha value is -3.45. The largest absolute Gasteiger partial charge is 0.390 e. The lowest BCUT2D eigenvalue weighted by molar-refractivity contribution is -0.138. The molecule has 1 heterocycles. The highest BCUT2D eigenvalue weighted by Crippen LogP contribution is 2.33. The fourth-order valence-electron chi connectivity index (χ4n) is 4.86. The number of hydrogen-bond donors (Lipinski definition) is 3. The van der Waals surface area contributed by atoms with Gasteiger partial charge in [-0.1, -0.05) is 31.5 Å². The third-order valence-electron chi connectivity index (χ3n) is 7.11. The van der Waals surface area contributed by atoms with E-state index in [4.69, 9.17) is 11.6 Å². The van der Waals surface area contributed by atoms with Gasteiger partial charge in [0.2, 0.25) is 11.8 Å². The van der Waals surface area contributed by atoms with Crippen LogP contribution in [-0.2, 0) is 16.1 Å². The van der Waals surface area contributed by atoms with Gasteiger partial charge in [0, 0.05) is 56.3 Å². The van der Waals surface area contributed by atoms with E-state index in [2.05, 4.69) is 16.0 Å². The number of nitrogens with zero attached hydrogens (tertiary/aromatic N) is 2. The number of piperazine rings is 1. The number of alkyl halides is 3. The van der Waals surface area contributed by atoms with Gasteiger partial charge in [0.25, 0.3) is 5.91 Å². The number of hydrogen-bond acceptors (Lipinski definition) is 5. The first kappa shape index (κ1) is 34.0. The summed E-state index contributed by atoms with van der Waals surface area (Å²) in [6.45, 7) is 7.08. The van der Waals surface area contributed by atoms with Crippen molar-refractivity contribution in [2.24, 2.45) is 5.92 Å². The minimum atomic E-state index is -4.25. The third kappa shape index (κ3) is 9.27. The van der Waals surface area contributed by atoms with Gasteiger partial charge in [-0.05, 0) is 37.1 Å². The smallest absolute Gasteiger partial charge is 0.365 e. The Morgan fingerprint density at radius 3 is 2.37 bits per heavy atom. The van der Waals surface area contributed by atoms with Gasteiger partial charge in [-0.25, -0.2) is 8.78 Å². The minimum absolute atomic E-state index is 0.126. The fraction of sp³-hybridized carbons (Fsp3) is 0.483. The Kier molecular flexibility index (Phi) is 11.4. The van der Waals surface area contributed by atoms with Crippen LogP contribution < -0.4 is 20.9 Å². The summed E-state index contributed by atoms with van der Waals surface area (Å²) in [5.74, 6) is -4.89. The molecule has 1 aliphatic rings. The van der Waals surface area contributed by atoms with E-state index >= 15 is 4.39 Å². The number of anilines is 2. The van der Waals surface area contributed by atoms with Crippen molar-refractivity contribution >= 4 is 40.7 Å². The first-order valence-corrected chi connectivity index (χ1v) is 14.1. The zero-order valence-electron chi connectivity index (χ0n) is 24.2. The van der Waals surface area contributed by atoms with Crippen LogP contribution in [0.2, 0.25) is 5.02 Å². The first-order chi connectivity index (χ1) is 20.1. The maximum Gasteiger partial charge on any atom is 0.390 e. The summed E-state index contributed by atoms with van der Waals surface area (Å²) in [7, 11) is 0. The van der Waals surface area contributed by atoms with Crippen LogP contribution in [-0.4, -0.2) is 67.1 Å². The number of carbonyl (C=O) groups is 3. The predicted molar refractivity (Wildman–Crippen MR) is 154 cm³/mol. The molecule has 8 nitrogen and oxygen atoms in total. The fourth-order valence-corrected chi connectivity index (χ4v) is 5.03. The van der Waals surface area contributed by atoms with Crippen molar-refractivity contribution in [2.45, 2.75) is 58.9 Å². The molecule has 0 aliphatic carbocycles. The van der Waals surface area contributed by atoms with Crippen LogP contribution in [0.5, 0.6) is 0 Å². The van der Waals surface area contributed by atoms with E-state index in [1.165, 1.54) is 25.1 Å². The lowest BCUT2D eigenvalue weighted by Gasteiger charge is -2.42. The van der Waals surface area contributed by atoms with Gasteiger partial charge in [-0.15, -0.1) is 0 Å².